The van der Waals surface area contributed by atoms with E-state index in [1.807, 2.05) is 12.1 Å². The molecule has 0 bridgehead atoms. The first-order valence-electron chi connectivity index (χ1n) is 6.93. The minimum atomic E-state index is 0.545. The lowest BCUT2D eigenvalue weighted by atomic mass is 10.0. The fourth-order valence-electron chi connectivity index (χ4n) is 2.72. The van der Waals surface area contributed by atoms with Crippen LogP contribution in [0.1, 0.15) is 37.3 Å². The lowest BCUT2D eigenvalue weighted by Gasteiger charge is -2.21. The maximum atomic E-state index is 5.97. The zero-order valence-electron chi connectivity index (χ0n) is 10.6. The SMILES string of the molecule is Clc1ccc(C(NCC2CCCS2)C2CC2)cc1. The van der Waals surface area contributed by atoms with Crippen molar-refractivity contribution in [1.82, 2.24) is 5.32 Å². The van der Waals surface area contributed by atoms with Gasteiger partial charge in [0.25, 0.3) is 0 Å². The first kappa shape index (κ1) is 12.8. The van der Waals surface area contributed by atoms with E-state index in [0.717, 1.165) is 22.7 Å². The molecule has 2 fully saturated rings. The summed E-state index contributed by atoms with van der Waals surface area (Å²) >= 11 is 8.10. The summed E-state index contributed by atoms with van der Waals surface area (Å²) in [5.74, 6) is 2.19. The maximum Gasteiger partial charge on any atom is 0.0406 e. The van der Waals surface area contributed by atoms with E-state index in [2.05, 4.69) is 29.2 Å². The molecule has 18 heavy (non-hydrogen) atoms. The molecule has 3 rings (SSSR count). The number of nitrogens with one attached hydrogen (secondary N) is 1. The summed E-state index contributed by atoms with van der Waals surface area (Å²) in [5, 5.41) is 5.46. The fourth-order valence-corrected chi connectivity index (χ4v) is 4.06. The van der Waals surface area contributed by atoms with Gasteiger partial charge in [-0.3, -0.25) is 0 Å². The van der Waals surface area contributed by atoms with Crippen molar-refractivity contribution < 1.29 is 0 Å². The first-order chi connectivity index (χ1) is 8.83. The normalized spacial score (nSPS) is 25.3. The third-order valence-electron chi connectivity index (χ3n) is 3.91. The molecule has 1 heterocycles. The van der Waals surface area contributed by atoms with E-state index in [4.69, 9.17) is 11.6 Å². The lowest BCUT2D eigenvalue weighted by molar-refractivity contribution is 0.477. The van der Waals surface area contributed by atoms with Crippen LogP contribution in [-0.4, -0.2) is 17.5 Å². The van der Waals surface area contributed by atoms with Crippen molar-refractivity contribution in [1.29, 1.82) is 0 Å². The number of hydrogen-bond donors (Lipinski definition) is 1. The van der Waals surface area contributed by atoms with Crippen molar-refractivity contribution in [3.05, 3.63) is 34.9 Å². The predicted octanol–water partition coefficient (Wildman–Crippen LogP) is 4.28. The molecule has 3 heteroatoms. The highest BCUT2D eigenvalue weighted by molar-refractivity contribution is 8.00. The van der Waals surface area contributed by atoms with Gasteiger partial charge in [-0.1, -0.05) is 23.7 Å². The van der Waals surface area contributed by atoms with Crippen molar-refractivity contribution in [3.8, 4) is 0 Å². The summed E-state index contributed by atoms with van der Waals surface area (Å²) < 4.78 is 0. The largest absolute Gasteiger partial charge is 0.309 e. The van der Waals surface area contributed by atoms with E-state index >= 15 is 0 Å². The second kappa shape index (κ2) is 5.85. The van der Waals surface area contributed by atoms with E-state index in [9.17, 15) is 0 Å². The molecule has 2 atom stereocenters. The first-order valence-corrected chi connectivity index (χ1v) is 8.36. The highest BCUT2D eigenvalue weighted by Crippen LogP contribution is 2.41. The Labute approximate surface area is 119 Å². The maximum absolute atomic E-state index is 5.97. The van der Waals surface area contributed by atoms with Gasteiger partial charge in [-0.15, -0.1) is 0 Å². The molecular weight excluding hydrogens is 262 g/mol. The number of hydrogen-bond acceptors (Lipinski definition) is 2. The Morgan fingerprint density at radius 3 is 2.61 bits per heavy atom. The molecule has 0 spiro atoms. The van der Waals surface area contributed by atoms with Gasteiger partial charge in [0.2, 0.25) is 0 Å². The van der Waals surface area contributed by atoms with Crippen LogP contribution in [0.5, 0.6) is 0 Å². The summed E-state index contributed by atoms with van der Waals surface area (Å²) in [6.07, 6.45) is 5.53. The quantitative estimate of drug-likeness (QED) is 0.865. The molecule has 98 valence electrons. The van der Waals surface area contributed by atoms with Gasteiger partial charge in [-0.2, -0.15) is 11.8 Å². The summed E-state index contributed by atoms with van der Waals surface area (Å²) in [7, 11) is 0. The highest BCUT2D eigenvalue weighted by Gasteiger charge is 2.32. The van der Waals surface area contributed by atoms with Gasteiger partial charge in [0.05, 0.1) is 0 Å². The molecule has 1 nitrogen and oxygen atoms in total. The van der Waals surface area contributed by atoms with Gasteiger partial charge in [-0.25, -0.2) is 0 Å². The minimum absolute atomic E-state index is 0.545. The van der Waals surface area contributed by atoms with E-state index < -0.39 is 0 Å². The smallest absolute Gasteiger partial charge is 0.0406 e. The van der Waals surface area contributed by atoms with E-state index in [0.29, 0.717) is 6.04 Å². The van der Waals surface area contributed by atoms with Crippen LogP contribution in [0.2, 0.25) is 5.02 Å². The third-order valence-corrected chi connectivity index (χ3v) is 5.56. The van der Waals surface area contributed by atoms with Gasteiger partial charge in [0, 0.05) is 22.9 Å². The third kappa shape index (κ3) is 3.23. The molecule has 0 amide bonds. The van der Waals surface area contributed by atoms with Crippen molar-refractivity contribution >= 4 is 23.4 Å². The molecule has 0 aromatic heterocycles. The zero-order valence-corrected chi connectivity index (χ0v) is 12.1. The van der Waals surface area contributed by atoms with Crippen LogP contribution in [0.3, 0.4) is 0 Å². The summed E-state index contributed by atoms with van der Waals surface area (Å²) in [6.45, 7) is 1.16. The Bertz CT molecular complexity index is 382. The van der Waals surface area contributed by atoms with Crippen LogP contribution in [0.25, 0.3) is 0 Å². The molecule has 1 N–H and O–H groups in total. The van der Waals surface area contributed by atoms with Crippen LogP contribution in [0, 0.1) is 5.92 Å². The Hall–Kier alpha value is -0.180. The average molecular weight is 282 g/mol. The summed E-state index contributed by atoms with van der Waals surface area (Å²) in [4.78, 5) is 0. The van der Waals surface area contributed by atoms with E-state index in [1.54, 1.807) is 0 Å². The van der Waals surface area contributed by atoms with Crippen LogP contribution in [0.15, 0.2) is 24.3 Å². The number of rotatable bonds is 5. The molecule has 1 aromatic carbocycles. The fraction of sp³-hybridized carbons (Fsp3) is 0.600. The predicted molar refractivity (Wildman–Crippen MR) is 80.4 cm³/mol. The lowest BCUT2D eigenvalue weighted by Crippen LogP contribution is -2.29. The molecule has 1 aliphatic carbocycles. The standard InChI is InChI=1S/C15H20ClNS/c16-13-7-5-12(6-8-13)15(11-3-4-11)17-10-14-2-1-9-18-14/h5-8,11,14-15,17H,1-4,9-10H2. The van der Waals surface area contributed by atoms with Crippen molar-refractivity contribution in [2.24, 2.45) is 5.92 Å². The highest BCUT2D eigenvalue weighted by atomic mass is 35.5. The van der Waals surface area contributed by atoms with E-state index in [-0.39, 0.29) is 0 Å². The molecular formula is C15H20ClNS. The van der Waals surface area contributed by atoms with Gasteiger partial charge >= 0.3 is 0 Å². The molecule has 1 aliphatic heterocycles. The number of thioether (sulfide) groups is 1. The summed E-state index contributed by atoms with van der Waals surface area (Å²) in [6, 6.07) is 8.93. The van der Waals surface area contributed by atoms with Crippen LogP contribution in [-0.2, 0) is 0 Å². The molecule has 1 saturated heterocycles. The Morgan fingerprint density at radius 1 is 1.22 bits per heavy atom. The number of benzene rings is 1. The molecule has 2 aliphatic rings. The molecule has 1 aromatic rings. The Morgan fingerprint density at radius 2 is 2.00 bits per heavy atom. The molecule has 0 radical (unpaired) electrons. The van der Waals surface area contributed by atoms with Gasteiger partial charge in [-0.05, 0) is 55.1 Å². The minimum Gasteiger partial charge on any atom is -0.309 e. The second-order valence-electron chi connectivity index (χ2n) is 5.41. The van der Waals surface area contributed by atoms with Gasteiger partial charge in [0.1, 0.15) is 0 Å². The monoisotopic (exact) mass is 281 g/mol. The number of halogens is 1. The zero-order chi connectivity index (χ0) is 12.4. The van der Waals surface area contributed by atoms with Gasteiger partial charge in [0.15, 0.2) is 0 Å². The Kier molecular flexibility index (Phi) is 4.17. The summed E-state index contributed by atoms with van der Waals surface area (Å²) in [5.41, 5.74) is 1.41. The van der Waals surface area contributed by atoms with Crippen molar-refractivity contribution in [2.45, 2.75) is 37.0 Å². The Balaban J connectivity index is 1.62. The molecule has 1 saturated carbocycles. The average Bonchev–Trinajstić information content (AvgIpc) is 3.08. The second-order valence-corrected chi connectivity index (χ2v) is 7.25. The topological polar surface area (TPSA) is 12.0 Å². The van der Waals surface area contributed by atoms with Crippen molar-refractivity contribution in [2.75, 3.05) is 12.3 Å². The van der Waals surface area contributed by atoms with Crippen molar-refractivity contribution in [3.63, 3.8) is 0 Å². The molecule has 2 unspecified atom stereocenters. The van der Waals surface area contributed by atoms with Crippen LogP contribution in [0.4, 0.5) is 0 Å². The van der Waals surface area contributed by atoms with E-state index in [1.165, 1.54) is 37.0 Å². The van der Waals surface area contributed by atoms with Crippen LogP contribution < -0.4 is 5.32 Å². The van der Waals surface area contributed by atoms with Crippen LogP contribution >= 0.6 is 23.4 Å². The van der Waals surface area contributed by atoms with Gasteiger partial charge < -0.3 is 5.32 Å².